The van der Waals surface area contributed by atoms with E-state index < -0.39 is 5.66 Å². The highest BCUT2D eigenvalue weighted by Gasteiger charge is 2.30. The molecule has 0 saturated carbocycles. The fraction of sp³-hybridized carbons (Fsp3) is 0.394. The summed E-state index contributed by atoms with van der Waals surface area (Å²) >= 11 is 0. The first-order valence-corrected chi connectivity index (χ1v) is 15.0. The van der Waals surface area contributed by atoms with E-state index in [-0.39, 0.29) is 5.82 Å². The number of aryl methyl sites for hydroxylation is 1. The molecule has 2 saturated heterocycles. The Kier molecular flexibility index (Phi) is 8.34. The van der Waals surface area contributed by atoms with E-state index in [0.717, 1.165) is 37.6 Å². The Balaban J connectivity index is 1.18. The minimum atomic E-state index is -1.17. The van der Waals surface area contributed by atoms with Crippen LogP contribution in [0.5, 0.6) is 5.75 Å². The van der Waals surface area contributed by atoms with Gasteiger partial charge < -0.3 is 25.2 Å². The molecule has 0 bridgehead atoms. The lowest BCUT2D eigenvalue weighted by molar-refractivity contribution is 0.0982. The Bertz CT molecular complexity index is 1510. The standard InChI is InChI=1S/C33H41FN8O/c1-23-18-29(31(43-3)20-30(23)42-12-9-25(10-13-42)41-16-14-40(2)15-17-41)39-32-21-33(35,38-22-37-32)24-8-11-36-28(19-24)26-6-4-5-7-27(26)34/h4-8,11,18-22,25,39H,9-10,12-17,35H2,1-3H3,(H,37,38). The first-order chi connectivity index (χ1) is 20.8. The molecule has 4 N–H and O–H groups in total. The van der Waals surface area contributed by atoms with Gasteiger partial charge >= 0.3 is 0 Å². The zero-order valence-corrected chi connectivity index (χ0v) is 25.2. The van der Waals surface area contributed by atoms with E-state index in [9.17, 15) is 4.39 Å². The van der Waals surface area contributed by atoms with Gasteiger partial charge in [-0.15, -0.1) is 0 Å². The number of likely N-dealkylation sites (N-methyl/N-ethyl adjacent to an activating group) is 1. The Hall–Kier alpha value is -3.99. The van der Waals surface area contributed by atoms with Crippen molar-refractivity contribution in [3.05, 3.63) is 83.6 Å². The summed E-state index contributed by atoms with van der Waals surface area (Å²) in [4.78, 5) is 16.5. The molecule has 4 heterocycles. The van der Waals surface area contributed by atoms with Crippen LogP contribution in [0.4, 0.5) is 15.8 Å². The lowest BCUT2D eigenvalue weighted by atomic mass is 9.98. The molecular weight excluding hydrogens is 543 g/mol. The molecule has 9 nitrogen and oxygen atoms in total. The SMILES string of the molecule is COc1cc(N2CCC(N3CCN(C)CC3)CC2)c(C)cc1NC1=CC(N)(c2ccnc(-c3ccccc3F)c2)N=CN1. The van der Waals surface area contributed by atoms with Gasteiger partial charge in [0.1, 0.15) is 17.4 Å². The number of hydrogen-bond acceptors (Lipinski definition) is 9. The van der Waals surface area contributed by atoms with E-state index in [1.54, 1.807) is 50.0 Å². The second kappa shape index (κ2) is 12.3. The monoisotopic (exact) mass is 584 g/mol. The van der Waals surface area contributed by atoms with Crippen LogP contribution in [0, 0.1) is 12.7 Å². The Morgan fingerprint density at radius 3 is 2.56 bits per heavy atom. The van der Waals surface area contributed by atoms with E-state index in [1.807, 2.05) is 6.08 Å². The van der Waals surface area contributed by atoms with Gasteiger partial charge in [-0.2, -0.15) is 0 Å². The van der Waals surface area contributed by atoms with Crippen molar-refractivity contribution in [2.45, 2.75) is 31.5 Å². The van der Waals surface area contributed by atoms with Gasteiger partial charge in [0.05, 0.1) is 24.8 Å². The van der Waals surface area contributed by atoms with Gasteiger partial charge in [0.15, 0.2) is 5.66 Å². The fourth-order valence-electron chi connectivity index (χ4n) is 6.32. The molecule has 43 heavy (non-hydrogen) atoms. The van der Waals surface area contributed by atoms with E-state index in [2.05, 4.69) is 61.4 Å². The summed E-state index contributed by atoms with van der Waals surface area (Å²) in [5.41, 5.74) is 10.4. The van der Waals surface area contributed by atoms with Gasteiger partial charge in [0.2, 0.25) is 0 Å². The number of rotatable bonds is 7. The number of nitrogens with two attached hydrogens (primary N) is 1. The summed E-state index contributed by atoms with van der Waals surface area (Å²) < 4.78 is 20.3. The molecule has 1 aromatic heterocycles. The van der Waals surface area contributed by atoms with Crippen molar-refractivity contribution in [2.75, 3.05) is 63.6 Å². The number of hydrogen-bond donors (Lipinski definition) is 3. The number of ether oxygens (including phenoxy) is 1. The number of anilines is 2. The van der Waals surface area contributed by atoms with Crippen LogP contribution < -0.4 is 26.0 Å². The predicted molar refractivity (Wildman–Crippen MR) is 171 cm³/mol. The number of piperazine rings is 1. The van der Waals surface area contributed by atoms with Crippen molar-refractivity contribution in [1.29, 1.82) is 0 Å². The van der Waals surface area contributed by atoms with Gasteiger partial charge in [0, 0.05) is 80.5 Å². The fourth-order valence-corrected chi connectivity index (χ4v) is 6.32. The smallest absolute Gasteiger partial charge is 0.158 e. The van der Waals surface area contributed by atoms with Gasteiger partial charge in [-0.05, 0) is 62.7 Å². The zero-order valence-electron chi connectivity index (χ0n) is 25.2. The van der Waals surface area contributed by atoms with Crippen molar-refractivity contribution in [1.82, 2.24) is 20.1 Å². The van der Waals surface area contributed by atoms with Crippen LogP contribution in [0.1, 0.15) is 24.0 Å². The Labute approximate surface area is 253 Å². The molecule has 1 unspecified atom stereocenters. The van der Waals surface area contributed by atoms with E-state index >= 15 is 0 Å². The maximum Gasteiger partial charge on any atom is 0.158 e. The van der Waals surface area contributed by atoms with Crippen LogP contribution in [0.2, 0.25) is 0 Å². The minimum absolute atomic E-state index is 0.338. The number of methoxy groups -OCH3 is 1. The van der Waals surface area contributed by atoms with Crippen LogP contribution in [0.25, 0.3) is 11.3 Å². The third-order valence-corrected chi connectivity index (χ3v) is 8.88. The number of nitrogens with one attached hydrogen (secondary N) is 2. The highest BCUT2D eigenvalue weighted by molar-refractivity contribution is 5.72. The third kappa shape index (κ3) is 6.22. The first kappa shape index (κ1) is 29.1. The van der Waals surface area contributed by atoms with Crippen LogP contribution >= 0.6 is 0 Å². The van der Waals surface area contributed by atoms with Crippen LogP contribution in [0.15, 0.2) is 71.6 Å². The molecule has 0 spiro atoms. The number of benzene rings is 2. The average molecular weight is 585 g/mol. The molecule has 3 aromatic rings. The quantitative estimate of drug-likeness (QED) is 0.382. The van der Waals surface area contributed by atoms with Gasteiger partial charge in [-0.1, -0.05) is 12.1 Å². The summed E-state index contributed by atoms with van der Waals surface area (Å²) in [5, 5.41) is 6.62. The summed E-state index contributed by atoms with van der Waals surface area (Å²) in [6, 6.07) is 15.1. The number of aromatic nitrogens is 1. The molecular formula is C33H41FN8O. The van der Waals surface area contributed by atoms with Crippen molar-refractivity contribution >= 4 is 17.7 Å². The normalized spacial score (nSPS) is 21.8. The summed E-state index contributed by atoms with van der Waals surface area (Å²) in [6.45, 7) is 8.86. The first-order valence-electron chi connectivity index (χ1n) is 15.0. The van der Waals surface area contributed by atoms with Crippen LogP contribution in [0.3, 0.4) is 0 Å². The third-order valence-electron chi connectivity index (χ3n) is 8.88. The topological polar surface area (TPSA) is 94.3 Å². The molecule has 0 amide bonds. The maximum absolute atomic E-state index is 14.5. The van der Waals surface area contributed by atoms with Gasteiger partial charge in [0.25, 0.3) is 0 Å². The molecule has 0 aliphatic carbocycles. The molecule has 3 aliphatic rings. The number of aliphatic imine (C=N–C) groups is 1. The van der Waals surface area contributed by atoms with Crippen molar-refractivity contribution < 1.29 is 9.13 Å². The molecule has 226 valence electrons. The van der Waals surface area contributed by atoms with Crippen molar-refractivity contribution in [2.24, 2.45) is 10.7 Å². The van der Waals surface area contributed by atoms with Gasteiger partial charge in [-0.25, -0.2) is 9.38 Å². The number of halogens is 1. The van der Waals surface area contributed by atoms with E-state index in [4.69, 9.17) is 10.5 Å². The largest absolute Gasteiger partial charge is 0.494 e. The molecule has 2 fully saturated rings. The van der Waals surface area contributed by atoms with Crippen LogP contribution in [-0.2, 0) is 5.66 Å². The van der Waals surface area contributed by atoms with E-state index in [1.165, 1.54) is 43.2 Å². The molecule has 0 radical (unpaired) electrons. The minimum Gasteiger partial charge on any atom is -0.494 e. The summed E-state index contributed by atoms with van der Waals surface area (Å²) in [5.74, 6) is 1.08. The van der Waals surface area contributed by atoms with Crippen LogP contribution in [-0.4, -0.2) is 80.6 Å². The predicted octanol–water partition coefficient (Wildman–Crippen LogP) is 4.12. The zero-order chi connectivity index (χ0) is 30.0. The Morgan fingerprint density at radius 2 is 1.81 bits per heavy atom. The summed E-state index contributed by atoms with van der Waals surface area (Å²) in [6.07, 6.45) is 7.37. The maximum atomic E-state index is 14.5. The van der Waals surface area contributed by atoms with Crippen molar-refractivity contribution in [3.8, 4) is 17.0 Å². The van der Waals surface area contributed by atoms with E-state index in [0.29, 0.717) is 28.7 Å². The lowest BCUT2D eigenvalue weighted by Gasteiger charge is -2.43. The highest BCUT2D eigenvalue weighted by Crippen LogP contribution is 2.36. The number of nitrogens with zero attached hydrogens (tertiary/aromatic N) is 5. The average Bonchev–Trinajstić information content (AvgIpc) is 3.02. The summed E-state index contributed by atoms with van der Waals surface area (Å²) in [7, 11) is 3.90. The molecule has 6 rings (SSSR count). The lowest BCUT2D eigenvalue weighted by Crippen LogP contribution is -2.52. The molecule has 1 atom stereocenters. The molecule has 10 heteroatoms. The highest BCUT2D eigenvalue weighted by atomic mass is 19.1. The molecule has 3 aliphatic heterocycles. The second-order valence-electron chi connectivity index (χ2n) is 11.7. The number of piperidine rings is 1. The number of pyridine rings is 1. The second-order valence-corrected chi connectivity index (χ2v) is 11.7. The van der Waals surface area contributed by atoms with Gasteiger partial charge in [-0.3, -0.25) is 15.6 Å². The molecule has 2 aromatic carbocycles. The Morgan fingerprint density at radius 1 is 1.05 bits per heavy atom. The van der Waals surface area contributed by atoms with Crippen molar-refractivity contribution in [3.63, 3.8) is 0 Å².